The first-order valence-electron chi connectivity index (χ1n) is 6.53. The van der Waals surface area contributed by atoms with Crippen LogP contribution in [0.3, 0.4) is 0 Å². The molecule has 0 aliphatic heterocycles. The van der Waals surface area contributed by atoms with E-state index < -0.39 is 0 Å². The van der Waals surface area contributed by atoms with E-state index in [9.17, 15) is 5.11 Å². The molecule has 0 fully saturated rings. The molecule has 3 nitrogen and oxygen atoms in total. The predicted octanol–water partition coefficient (Wildman–Crippen LogP) is 4.28. The van der Waals surface area contributed by atoms with Crippen LogP contribution in [0.5, 0.6) is 0 Å². The molecular formula is C16H12N2OS2. The molecule has 1 N–H and O–H groups in total. The van der Waals surface area contributed by atoms with Crippen LogP contribution in [-0.4, -0.2) is 14.5 Å². The zero-order chi connectivity index (χ0) is 14.2. The molecule has 0 atom stereocenters. The molecule has 0 saturated carbocycles. The van der Waals surface area contributed by atoms with Gasteiger partial charge in [0.1, 0.15) is 5.65 Å². The molecule has 4 rings (SSSR count). The maximum atomic E-state index is 9.17. The molecule has 4 heterocycles. The summed E-state index contributed by atoms with van der Waals surface area (Å²) in [5.74, 6) is 0. The van der Waals surface area contributed by atoms with Crippen LogP contribution in [0.4, 0.5) is 0 Å². The number of pyridine rings is 1. The van der Waals surface area contributed by atoms with E-state index in [1.54, 1.807) is 22.7 Å². The fourth-order valence-corrected chi connectivity index (χ4v) is 3.73. The standard InChI is InChI=1S/C16H12N2OS2/c19-8-14-5-13(10-21-14)11-1-2-16-17-15(7-18(16)6-11)12-3-4-20-9-12/h1-7,9-10,19H,8H2. The Balaban J connectivity index is 1.79. The predicted molar refractivity (Wildman–Crippen MR) is 87.7 cm³/mol. The number of aromatic nitrogens is 2. The molecule has 4 aromatic heterocycles. The summed E-state index contributed by atoms with van der Waals surface area (Å²) in [6.45, 7) is 0.0975. The summed E-state index contributed by atoms with van der Waals surface area (Å²) >= 11 is 3.26. The summed E-state index contributed by atoms with van der Waals surface area (Å²) in [6.07, 6.45) is 4.14. The minimum atomic E-state index is 0.0975. The number of aliphatic hydroxyl groups is 1. The second-order valence-corrected chi connectivity index (χ2v) is 6.56. The summed E-state index contributed by atoms with van der Waals surface area (Å²) in [5.41, 5.74) is 5.36. The number of hydrogen-bond donors (Lipinski definition) is 1. The number of nitrogens with zero attached hydrogens (tertiary/aromatic N) is 2. The number of aliphatic hydroxyl groups excluding tert-OH is 1. The SMILES string of the molecule is OCc1cc(-c2ccc3nc(-c4ccsc4)cn3c2)cs1. The van der Waals surface area contributed by atoms with Gasteiger partial charge in [-0.15, -0.1) is 11.3 Å². The second-order valence-electron chi connectivity index (χ2n) is 4.78. The number of hydrogen-bond acceptors (Lipinski definition) is 4. The number of thiophene rings is 2. The van der Waals surface area contributed by atoms with Crippen molar-refractivity contribution in [2.45, 2.75) is 6.61 Å². The fraction of sp³-hybridized carbons (Fsp3) is 0.0625. The Kier molecular flexibility index (Phi) is 3.11. The first-order chi connectivity index (χ1) is 10.3. The first kappa shape index (κ1) is 12.8. The lowest BCUT2D eigenvalue weighted by Crippen LogP contribution is -1.84. The molecular weight excluding hydrogens is 300 g/mol. The highest BCUT2D eigenvalue weighted by Gasteiger charge is 2.07. The monoisotopic (exact) mass is 312 g/mol. The van der Waals surface area contributed by atoms with E-state index in [1.807, 2.05) is 12.1 Å². The van der Waals surface area contributed by atoms with Crippen molar-refractivity contribution >= 4 is 28.3 Å². The topological polar surface area (TPSA) is 37.5 Å². The average molecular weight is 312 g/mol. The van der Waals surface area contributed by atoms with Gasteiger partial charge in [0.15, 0.2) is 0 Å². The molecule has 0 radical (unpaired) electrons. The van der Waals surface area contributed by atoms with Crippen LogP contribution in [-0.2, 0) is 6.61 Å². The molecule has 0 saturated heterocycles. The lowest BCUT2D eigenvalue weighted by Gasteiger charge is -1.99. The molecule has 0 spiro atoms. The molecule has 0 aliphatic rings. The molecule has 0 amide bonds. The lowest BCUT2D eigenvalue weighted by atomic mass is 10.1. The second kappa shape index (κ2) is 5.11. The Morgan fingerprint density at radius 2 is 2.00 bits per heavy atom. The van der Waals surface area contributed by atoms with E-state index in [0.717, 1.165) is 32.9 Å². The minimum Gasteiger partial charge on any atom is -0.391 e. The molecule has 5 heteroatoms. The summed E-state index contributed by atoms with van der Waals surface area (Å²) < 4.78 is 2.05. The molecule has 0 aliphatic carbocycles. The third-order valence-electron chi connectivity index (χ3n) is 3.41. The van der Waals surface area contributed by atoms with Crippen LogP contribution < -0.4 is 0 Å². The van der Waals surface area contributed by atoms with E-state index in [4.69, 9.17) is 0 Å². The van der Waals surface area contributed by atoms with Gasteiger partial charge in [-0.1, -0.05) is 0 Å². The molecule has 0 unspecified atom stereocenters. The van der Waals surface area contributed by atoms with Gasteiger partial charge in [0.05, 0.1) is 12.3 Å². The Morgan fingerprint density at radius 1 is 1.05 bits per heavy atom. The third kappa shape index (κ3) is 2.29. The Hall–Kier alpha value is -1.95. The van der Waals surface area contributed by atoms with Crippen LogP contribution in [0.1, 0.15) is 4.88 Å². The lowest BCUT2D eigenvalue weighted by molar-refractivity contribution is 0.285. The number of rotatable bonds is 3. The van der Waals surface area contributed by atoms with E-state index in [-0.39, 0.29) is 6.61 Å². The fourth-order valence-electron chi connectivity index (χ4n) is 2.33. The van der Waals surface area contributed by atoms with Gasteiger partial charge in [0, 0.05) is 28.2 Å². The van der Waals surface area contributed by atoms with Crippen molar-refractivity contribution in [3.8, 4) is 22.4 Å². The quantitative estimate of drug-likeness (QED) is 0.613. The van der Waals surface area contributed by atoms with Crippen LogP contribution in [0.2, 0.25) is 0 Å². The van der Waals surface area contributed by atoms with E-state index in [0.29, 0.717) is 0 Å². The van der Waals surface area contributed by atoms with Gasteiger partial charge in [0.2, 0.25) is 0 Å². The zero-order valence-electron chi connectivity index (χ0n) is 11.1. The highest BCUT2D eigenvalue weighted by molar-refractivity contribution is 7.10. The van der Waals surface area contributed by atoms with Crippen LogP contribution in [0.25, 0.3) is 28.0 Å². The number of fused-ring (bicyclic) bond motifs is 1. The van der Waals surface area contributed by atoms with Gasteiger partial charge >= 0.3 is 0 Å². The maximum absolute atomic E-state index is 9.17. The van der Waals surface area contributed by atoms with Crippen molar-refractivity contribution in [3.05, 3.63) is 57.7 Å². The van der Waals surface area contributed by atoms with Crippen molar-refractivity contribution in [2.75, 3.05) is 0 Å². The highest BCUT2D eigenvalue weighted by Crippen LogP contribution is 2.27. The summed E-state index contributed by atoms with van der Waals surface area (Å²) in [4.78, 5) is 5.62. The largest absolute Gasteiger partial charge is 0.391 e. The normalized spacial score (nSPS) is 11.3. The van der Waals surface area contributed by atoms with Crippen LogP contribution >= 0.6 is 22.7 Å². The molecule has 0 aromatic carbocycles. The Morgan fingerprint density at radius 3 is 2.76 bits per heavy atom. The summed E-state index contributed by atoms with van der Waals surface area (Å²) in [6, 6.07) is 8.22. The zero-order valence-corrected chi connectivity index (χ0v) is 12.7. The van der Waals surface area contributed by atoms with Crippen LogP contribution in [0, 0.1) is 0 Å². The first-order valence-corrected chi connectivity index (χ1v) is 8.36. The molecule has 0 bridgehead atoms. The van der Waals surface area contributed by atoms with E-state index in [1.165, 1.54) is 0 Å². The van der Waals surface area contributed by atoms with Crippen molar-refractivity contribution in [1.29, 1.82) is 0 Å². The minimum absolute atomic E-state index is 0.0975. The van der Waals surface area contributed by atoms with E-state index >= 15 is 0 Å². The molecule has 21 heavy (non-hydrogen) atoms. The van der Waals surface area contributed by atoms with Gasteiger partial charge < -0.3 is 9.51 Å². The molecule has 104 valence electrons. The molecule has 4 aromatic rings. The number of imidazole rings is 1. The van der Waals surface area contributed by atoms with Gasteiger partial charge in [-0.25, -0.2) is 4.98 Å². The Bertz CT molecular complexity index is 890. The van der Waals surface area contributed by atoms with Gasteiger partial charge in [-0.05, 0) is 46.2 Å². The maximum Gasteiger partial charge on any atom is 0.137 e. The summed E-state index contributed by atoms with van der Waals surface area (Å²) in [7, 11) is 0. The van der Waals surface area contributed by atoms with Crippen molar-refractivity contribution in [2.24, 2.45) is 0 Å². The van der Waals surface area contributed by atoms with Gasteiger partial charge in [0.25, 0.3) is 0 Å². The van der Waals surface area contributed by atoms with Crippen molar-refractivity contribution in [1.82, 2.24) is 9.38 Å². The van der Waals surface area contributed by atoms with Crippen molar-refractivity contribution < 1.29 is 5.11 Å². The van der Waals surface area contributed by atoms with Crippen LogP contribution in [0.15, 0.2) is 52.8 Å². The highest BCUT2D eigenvalue weighted by atomic mass is 32.1. The Labute approximate surface area is 129 Å². The summed E-state index contributed by atoms with van der Waals surface area (Å²) in [5, 5.41) is 15.4. The van der Waals surface area contributed by atoms with Gasteiger partial charge in [-0.2, -0.15) is 11.3 Å². The van der Waals surface area contributed by atoms with Crippen molar-refractivity contribution in [3.63, 3.8) is 0 Å². The van der Waals surface area contributed by atoms with E-state index in [2.05, 4.69) is 50.1 Å². The smallest absolute Gasteiger partial charge is 0.137 e. The third-order valence-corrected chi connectivity index (χ3v) is 5.02. The average Bonchev–Trinajstić information content (AvgIpc) is 3.24. The van der Waals surface area contributed by atoms with Gasteiger partial charge in [-0.3, -0.25) is 0 Å².